The maximum Gasteiger partial charge on any atom is 0.264 e. The summed E-state index contributed by atoms with van der Waals surface area (Å²) < 4.78 is 7.95. The Labute approximate surface area is 150 Å². The van der Waals surface area contributed by atoms with Gasteiger partial charge in [-0.1, -0.05) is 17.7 Å². The third-order valence-corrected chi connectivity index (χ3v) is 4.04. The molecule has 1 amide bonds. The SMILES string of the molecule is COCCNC(=O)CCn1cnc2c(cnn2-c2ccc(C)cc2)c1=O. The van der Waals surface area contributed by atoms with Gasteiger partial charge < -0.3 is 10.1 Å². The van der Waals surface area contributed by atoms with E-state index in [1.807, 2.05) is 31.2 Å². The molecule has 0 aliphatic carbocycles. The van der Waals surface area contributed by atoms with Crippen molar-refractivity contribution >= 4 is 16.9 Å². The first-order chi connectivity index (χ1) is 12.6. The monoisotopic (exact) mass is 355 g/mol. The number of methoxy groups -OCH3 is 1. The molecule has 0 fully saturated rings. The number of hydrogen-bond acceptors (Lipinski definition) is 5. The van der Waals surface area contributed by atoms with E-state index >= 15 is 0 Å². The standard InChI is InChI=1S/C18H21N5O3/c1-13-3-5-14(6-4-13)23-17-15(11-21-23)18(25)22(12-20-17)9-7-16(24)19-8-10-26-2/h3-6,11-12H,7-10H2,1-2H3,(H,19,24). The van der Waals surface area contributed by atoms with E-state index in [1.165, 1.54) is 17.1 Å². The van der Waals surface area contributed by atoms with Gasteiger partial charge in [0.05, 0.1) is 24.8 Å². The Kier molecular flexibility index (Phi) is 5.43. The van der Waals surface area contributed by atoms with E-state index in [9.17, 15) is 9.59 Å². The maximum atomic E-state index is 12.6. The fraction of sp³-hybridized carbons (Fsp3) is 0.333. The van der Waals surface area contributed by atoms with Gasteiger partial charge in [-0.25, -0.2) is 9.67 Å². The number of rotatable bonds is 7. The molecule has 2 heterocycles. The van der Waals surface area contributed by atoms with Crippen molar-refractivity contribution in [3.63, 3.8) is 0 Å². The van der Waals surface area contributed by atoms with Gasteiger partial charge in [0.1, 0.15) is 5.39 Å². The molecule has 0 aliphatic heterocycles. The molecule has 0 aliphatic rings. The first kappa shape index (κ1) is 17.8. The van der Waals surface area contributed by atoms with Gasteiger partial charge in [0.15, 0.2) is 5.65 Å². The van der Waals surface area contributed by atoms with Crippen LogP contribution in [0.4, 0.5) is 0 Å². The Morgan fingerprint density at radius 2 is 2.04 bits per heavy atom. The number of benzene rings is 1. The van der Waals surface area contributed by atoms with E-state index in [-0.39, 0.29) is 24.4 Å². The average Bonchev–Trinajstić information content (AvgIpc) is 3.07. The predicted octanol–water partition coefficient (Wildman–Crippen LogP) is 1.04. The molecule has 8 heteroatoms. The number of fused-ring (bicyclic) bond motifs is 1. The molecule has 0 spiro atoms. The minimum absolute atomic E-state index is 0.135. The molecular weight excluding hydrogens is 334 g/mol. The summed E-state index contributed by atoms with van der Waals surface area (Å²) in [5.41, 5.74) is 2.27. The van der Waals surface area contributed by atoms with Crippen LogP contribution in [0.5, 0.6) is 0 Å². The minimum Gasteiger partial charge on any atom is -0.383 e. The topological polar surface area (TPSA) is 91.0 Å². The molecule has 0 atom stereocenters. The quantitative estimate of drug-likeness (QED) is 0.640. The van der Waals surface area contributed by atoms with Gasteiger partial charge >= 0.3 is 0 Å². The van der Waals surface area contributed by atoms with E-state index in [0.717, 1.165) is 11.3 Å². The highest BCUT2D eigenvalue weighted by atomic mass is 16.5. The molecule has 3 rings (SSSR count). The van der Waals surface area contributed by atoms with Crippen molar-refractivity contribution in [2.45, 2.75) is 19.9 Å². The Morgan fingerprint density at radius 1 is 1.27 bits per heavy atom. The highest BCUT2D eigenvalue weighted by molar-refractivity contribution is 5.76. The largest absolute Gasteiger partial charge is 0.383 e. The second-order valence-electron chi connectivity index (χ2n) is 5.97. The highest BCUT2D eigenvalue weighted by Crippen LogP contribution is 2.14. The summed E-state index contributed by atoms with van der Waals surface area (Å²) in [4.78, 5) is 28.7. The lowest BCUT2D eigenvalue weighted by molar-refractivity contribution is -0.121. The zero-order valence-electron chi connectivity index (χ0n) is 14.8. The van der Waals surface area contributed by atoms with Crippen molar-refractivity contribution in [2.24, 2.45) is 0 Å². The van der Waals surface area contributed by atoms with Crippen LogP contribution in [-0.2, 0) is 16.1 Å². The molecule has 0 unspecified atom stereocenters. The lowest BCUT2D eigenvalue weighted by Gasteiger charge is -2.07. The molecule has 3 aromatic rings. The Hall–Kier alpha value is -3.00. The summed E-state index contributed by atoms with van der Waals surface area (Å²) >= 11 is 0. The zero-order chi connectivity index (χ0) is 18.5. The summed E-state index contributed by atoms with van der Waals surface area (Å²) in [5.74, 6) is -0.135. The van der Waals surface area contributed by atoms with Crippen molar-refractivity contribution in [1.82, 2.24) is 24.6 Å². The van der Waals surface area contributed by atoms with Crippen molar-refractivity contribution in [1.29, 1.82) is 0 Å². The molecule has 136 valence electrons. The van der Waals surface area contributed by atoms with Gasteiger partial charge in [-0.2, -0.15) is 5.10 Å². The predicted molar refractivity (Wildman–Crippen MR) is 97.4 cm³/mol. The number of carbonyl (C=O) groups excluding carboxylic acids is 1. The van der Waals surface area contributed by atoms with Crippen LogP contribution in [0.1, 0.15) is 12.0 Å². The summed E-state index contributed by atoms with van der Waals surface area (Å²) in [6.45, 7) is 3.17. The molecule has 0 radical (unpaired) electrons. The average molecular weight is 355 g/mol. The van der Waals surface area contributed by atoms with E-state index in [4.69, 9.17) is 4.74 Å². The summed E-state index contributed by atoms with van der Waals surface area (Å²) in [6.07, 6.45) is 3.17. The number of aryl methyl sites for hydroxylation is 2. The Morgan fingerprint density at radius 3 is 2.77 bits per heavy atom. The van der Waals surface area contributed by atoms with Crippen LogP contribution in [-0.4, -0.2) is 45.5 Å². The molecule has 2 aromatic heterocycles. The lowest BCUT2D eigenvalue weighted by Crippen LogP contribution is -2.29. The van der Waals surface area contributed by atoms with Gasteiger partial charge in [-0.3, -0.25) is 14.2 Å². The fourth-order valence-electron chi connectivity index (χ4n) is 2.59. The molecule has 26 heavy (non-hydrogen) atoms. The van der Waals surface area contributed by atoms with Gasteiger partial charge in [0, 0.05) is 26.6 Å². The number of ether oxygens (including phenoxy) is 1. The number of hydrogen-bond donors (Lipinski definition) is 1. The van der Waals surface area contributed by atoms with Gasteiger partial charge in [0.25, 0.3) is 5.56 Å². The Bertz CT molecular complexity index is 959. The lowest BCUT2D eigenvalue weighted by atomic mass is 10.2. The molecule has 0 saturated heterocycles. The molecule has 1 aromatic carbocycles. The van der Waals surface area contributed by atoms with Gasteiger partial charge in [-0.15, -0.1) is 0 Å². The number of nitrogens with zero attached hydrogens (tertiary/aromatic N) is 4. The first-order valence-corrected chi connectivity index (χ1v) is 8.36. The second-order valence-corrected chi connectivity index (χ2v) is 5.97. The summed E-state index contributed by atoms with van der Waals surface area (Å²) in [6, 6.07) is 7.82. The van der Waals surface area contributed by atoms with Crippen LogP contribution in [0, 0.1) is 6.92 Å². The fourth-order valence-corrected chi connectivity index (χ4v) is 2.59. The van der Waals surface area contributed by atoms with Crippen LogP contribution in [0.15, 0.2) is 41.6 Å². The van der Waals surface area contributed by atoms with E-state index in [2.05, 4.69) is 15.4 Å². The van der Waals surface area contributed by atoms with Crippen molar-refractivity contribution in [2.75, 3.05) is 20.3 Å². The Balaban J connectivity index is 1.78. The highest BCUT2D eigenvalue weighted by Gasteiger charge is 2.12. The van der Waals surface area contributed by atoms with Crippen LogP contribution < -0.4 is 10.9 Å². The normalized spacial score (nSPS) is 11.0. The van der Waals surface area contributed by atoms with E-state index < -0.39 is 0 Å². The first-order valence-electron chi connectivity index (χ1n) is 8.36. The smallest absolute Gasteiger partial charge is 0.264 e. The van der Waals surface area contributed by atoms with Crippen molar-refractivity contribution < 1.29 is 9.53 Å². The zero-order valence-corrected chi connectivity index (χ0v) is 14.8. The molecule has 1 N–H and O–H groups in total. The van der Waals surface area contributed by atoms with E-state index in [1.54, 1.807) is 11.8 Å². The van der Waals surface area contributed by atoms with Crippen molar-refractivity contribution in [3.05, 3.63) is 52.7 Å². The third-order valence-electron chi connectivity index (χ3n) is 4.04. The minimum atomic E-state index is -0.210. The van der Waals surface area contributed by atoms with Crippen LogP contribution in [0.3, 0.4) is 0 Å². The number of nitrogens with one attached hydrogen (secondary N) is 1. The maximum absolute atomic E-state index is 12.6. The summed E-state index contributed by atoms with van der Waals surface area (Å²) in [5, 5.41) is 7.44. The van der Waals surface area contributed by atoms with Crippen molar-refractivity contribution in [3.8, 4) is 5.69 Å². The van der Waals surface area contributed by atoms with E-state index in [0.29, 0.717) is 24.2 Å². The molecule has 8 nitrogen and oxygen atoms in total. The molecule has 0 saturated carbocycles. The summed E-state index contributed by atoms with van der Waals surface area (Å²) in [7, 11) is 1.57. The molecule has 0 bridgehead atoms. The van der Waals surface area contributed by atoms with Gasteiger partial charge in [-0.05, 0) is 19.1 Å². The van der Waals surface area contributed by atoms with Crippen LogP contribution >= 0.6 is 0 Å². The second kappa shape index (κ2) is 7.92. The molecular formula is C18H21N5O3. The van der Waals surface area contributed by atoms with Crippen LogP contribution in [0.2, 0.25) is 0 Å². The van der Waals surface area contributed by atoms with Gasteiger partial charge in [0.2, 0.25) is 5.91 Å². The number of amides is 1. The third kappa shape index (κ3) is 3.80. The number of aromatic nitrogens is 4. The number of carbonyl (C=O) groups is 1. The van der Waals surface area contributed by atoms with Crippen LogP contribution in [0.25, 0.3) is 16.7 Å².